The molecule has 26 heavy (non-hydrogen) atoms. The summed E-state index contributed by atoms with van der Waals surface area (Å²) in [6.07, 6.45) is 6.03. The normalized spacial score (nSPS) is 14.7. The first kappa shape index (κ1) is 18.6. The van der Waals surface area contributed by atoms with Crippen molar-refractivity contribution in [1.82, 2.24) is 14.9 Å². The molecule has 1 atom stereocenters. The van der Waals surface area contributed by atoms with Crippen LogP contribution in [-0.2, 0) is 33.7 Å². The molecule has 0 fully saturated rings. The molecule has 1 amide bonds. The maximum atomic E-state index is 12.8. The molecule has 3 rings (SSSR count). The summed E-state index contributed by atoms with van der Waals surface area (Å²) in [7, 11) is 1.32. The number of nitrogens with one attached hydrogen (secondary N) is 1. The van der Waals surface area contributed by atoms with E-state index < -0.39 is 0 Å². The van der Waals surface area contributed by atoms with E-state index in [2.05, 4.69) is 15.0 Å². The van der Waals surface area contributed by atoms with Gasteiger partial charge in [0.2, 0.25) is 5.91 Å². The highest BCUT2D eigenvalue weighted by molar-refractivity contribution is 7.18. The Bertz CT molecular complexity index is 886. The Balaban J connectivity index is 1.68. The highest BCUT2D eigenvalue weighted by Crippen LogP contribution is 2.33. The summed E-state index contributed by atoms with van der Waals surface area (Å²) < 4.78 is 6.09. The van der Waals surface area contributed by atoms with Crippen LogP contribution in [0.25, 0.3) is 10.2 Å². The molecular weight excluding hydrogens is 354 g/mol. The van der Waals surface area contributed by atoms with Gasteiger partial charge in [0.1, 0.15) is 4.83 Å². The molecule has 0 bridgehead atoms. The Morgan fingerprint density at radius 2 is 2.15 bits per heavy atom. The van der Waals surface area contributed by atoms with Gasteiger partial charge in [0.15, 0.2) is 0 Å². The van der Waals surface area contributed by atoms with Crippen molar-refractivity contribution in [3.63, 3.8) is 0 Å². The van der Waals surface area contributed by atoms with E-state index in [1.165, 1.54) is 22.9 Å². The van der Waals surface area contributed by atoms with E-state index in [4.69, 9.17) is 0 Å². The first-order valence-electron chi connectivity index (χ1n) is 8.85. The second-order valence-corrected chi connectivity index (χ2v) is 7.72. The maximum absolute atomic E-state index is 12.8. The number of thiophene rings is 1. The van der Waals surface area contributed by atoms with Crippen LogP contribution in [0.3, 0.4) is 0 Å². The van der Waals surface area contributed by atoms with E-state index in [0.29, 0.717) is 0 Å². The molecule has 7 nitrogen and oxygen atoms in total. The third-order valence-corrected chi connectivity index (χ3v) is 5.83. The minimum Gasteiger partial charge on any atom is -0.469 e. The second-order valence-electron chi connectivity index (χ2n) is 6.63. The Morgan fingerprint density at radius 3 is 2.92 bits per heavy atom. The van der Waals surface area contributed by atoms with Gasteiger partial charge in [-0.05, 0) is 38.2 Å². The summed E-state index contributed by atoms with van der Waals surface area (Å²) in [5, 5.41) is 3.47. The summed E-state index contributed by atoms with van der Waals surface area (Å²) >= 11 is 1.62. The Kier molecular flexibility index (Phi) is 5.70. The van der Waals surface area contributed by atoms with Crippen LogP contribution in [0.4, 0.5) is 0 Å². The van der Waals surface area contributed by atoms with Crippen molar-refractivity contribution in [2.24, 2.45) is 0 Å². The monoisotopic (exact) mass is 377 g/mol. The second kappa shape index (κ2) is 7.99. The van der Waals surface area contributed by atoms with Crippen LogP contribution in [0.15, 0.2) is 11.1 Å². The fourth-order valence-corrected chi connectivity index (χ4v) is 4.51. The van der Waals surface area contributed by atoms with Gasteiger partial charge in [-0.15, -0.1) is 11.3 Å². The fourth-order valence-electron chi connectivity index (χ4n) is 3.29. The number of fused-ring (bicyclic) bond motifs is 3. The van der Waals surface area contributed by atoms with Gasteiger partial charge in [0.25, 0.3) is 5.56 Å². The van der Waals surface area contributed by atoms with E-state index in [0.717, 1.165) is 41.5 Å². The van der Waals surface area contributed by atoms with Gasteiger partial charge >= 0.3 is 5.97 Å². The van der Waals surface area contributed by atoms with Gasteiger partial charge in [-0.25, -0.2) is 4.98 Å². The quantitative estimate of drug-likeness (QED) is 0.775. The van der Waals surface area contributed by atoms with E-state index >= 15 is 0 Å². The zero-order valence-electron chi connectivity index (χ0n) is 15.0. The molecule has 0 radical (unpaired) electrons. The molecule has 0 saturated carbocycles. The Hall–Kier alpha value is -2.22. The van der Waals surface area contributed by atoms with E-state index in [1.807, 2.05) is 0 Å². The predicted molar refractivity (Wildman–Crippen MR) is 99.4 cm³/mol. The number of methoxy groups -OCH3 is 1. The van der Waals surface area contributed by atoms with Crippen molar-refractivity contribution in [2.75, 3.05) is 7.11 Å². The molecular formula is C18H23N3O4S. The van der Waals surface area contributed by atoms with Crippen LogP contribution >= 0.6 is 11.3 Å². The van der Waals surface area contributed by atoms with Crippen LogP contribution in [-0.4, -0.2) is 34.6 Å². The molecule has 1 aliphatic carbocycles. The van der Waals surface area contributed by atoms with Crippen molar-refractivity contribution >= 4 is 33.4 Å². The molecule has 0 aliphatic heterocycles. The van der Waals surface area contributed by atoms with E-state index in [9.17, 15) is 14.4 Å². The number of carbonyl (C=O) groups is 2. The SMILES string of the molecule is COC(=O)CC(C)NC(=O)CCn1cnc2sc3c(c2c1=O)CCCC3. The molecule has 140 valence electrons. The summed E-state index contributed by atoms with van der Waals surface area (Å²) in [6, 6.07) is -0.309. The third-order valence-electron chi connectivity index (χ3n) is 4.63. The average Bonchev–Trinajstić information content (AvgIpc) is 3.00. The zero-order chi connectivity index (χ0) is 18.7. The molecule has 1 N–H and O–H groups in total. The lowest BCUT2D eigenvalue weighted by Gasteiger charge is -2.13. The molecule has 8 heteroatoms. The van der Waals surface area contributed by atoms with Crippen molar-refractivity contribution in [1.29, 1.82) is 0 Å². The van der Waals surface area contributed by atoms with Gasteiger partial charge < -0.3 is 10.1 Å². The van der Waals surface area contributed by atoms with Gasteiger partial charge in [-0.2, -0.15) is 0 Å². The minimum atomic E-state index is -0.370. The number of carbonyl (C=O) groups excluding carboxylic acids is 2. The van der Waals surface area contributed by atoms with Crippen molar-refractivity contribution in [3.05, 3.63) is 27.1 Å². The molecule has 0 aromatic carbocycles. The zero-order valence-corrected chi connectivity index (χ0v) is 15.9. The molecule has 0 saturated heterocycles. The molecule has 1 aliphatic rings. The number of aromatic nitrogens is 2. The van der Waals surface area contributed by atoms with Crippen LogP contribution in [0.5, 0.6) is 0 Å². The number of aryl methyl sites for hydroxylation is 3. The van der Waals surface area contributed by atoms with Crippen molar-refractivity contribution in [3.8, 4) is 0 Å². The average molecular weight is 377 g/mol. The molecule has 2 heterocycles. The number of hydrogen-bond acceptors (Lipinski definition) is 6. The highest BCUT2D eigenvalue weighted by atomic mass is 32.1. The summed E-state index contributed by atoms with van der Waals surface area (Å²) in [5.74, 6) is -0.577. The van der Waals surface area contributed by atoms with Gasteiger partial charge in [0, 0.05) is 23.9 Å². The lowest BCUT2D eigenvalue weighted by molar-refractivity contribution is -0.141. The topological polar surface area (TPSA) is 90.3 Å². The van der Waals surface area contributed by atoms with Gasteiger partial charge in [-0.1, -0.05) is 0 Å². The van der Waals surface area contributed by atoms with Crippen LogP contribution in [0.1, 0.15) is 43.0 Å². The number of rotatable bonds is 6. The smallest absolute Gasteiger partial charge is 0.307 e. The lowest BCUT2D eigenvalue weighted by Crippen LogP contribution is -2.35. The molecule has 2 aromatic heterocycles. The van der Waals surface area contributed by atoms with Crippen molar-refractivity contribution in [2.45, 2.75) is 58.0 Å². The van der Waals surface area contributed by atoms with Crippen molar-refractivity contribution < 1.29 is 14.3 Å². The predicted octanol–water partition coefficient (Wildman–Crippen LogP) is 1.79. The lowest BCUT2D eigenvalue weighted by atomic mass is 9.97. The largest absolute Gasteiger partial charge is 0.469 e. The van der Waals surface area contributed by atoms with Gasteiger partial charge in [0.05, 0.1) is 25.2 Å². The van der Waals surface area contributed by atoms with E-state index in [-0.39, 0.29) is 42.9 Å². The summed E-state index contributed by atoms with van der Waals surface area (Å²) in [5.41, 5.74) is 1.09. The number of amides is 1. The number of ether oxygens (including phenoxy) is 1. The first-order valence-corrected chi connectivity index (χ1v) is 9.67. The van der Waals surface area contributed by atoms with Gasteiger partial charge in [-0.3, -0.25) is 19.0 Å². The van der Waals surface area contributed by atoms with Crippen LogP contribution in [0, 0.1) is 0 Å². The van der Waals surface area contributed by atoms with E-state index in [1.54, 1.807) is 18.3 Å². The standard InChI is InChI=1S/C18H23N3O4S/c1-11(9-15(23)25-2)20-14(22)7-8-21-10-19-17-16(18(21)24)12-5-3-4-6-13(12)26-17/h10-11H,3-9H2,1-2H3,(H,20,22). The Morgan fingerprint density at radius 1 is 1.38 bits per heavy atom. The maximum Gasteiger partial charge on any atom is 0.307 e. The van der Waals surface area contributed by atoms with Crippen LogP contribution in [0.2, 0.25) is 0 Å². The van der Waals surface area contributed by atoms with Crippen LogP contribution < -0.4 is 10.9 Å². The molecule has 2 aromatic rings. The number of hydrogen-bond donors (Lipinski definition) is 1. The molecule has 0 spiro atoms. The minimum absolute atomic E-state index is 0.0650. The third kappa shape index (κ3) is 3.95. The highest BCUT2D eigenvalue weighted by Gasteiger charge is 2.20. The number of esters is 1. The summed E-state index contributed by atoms with van der Waals surface area (Å²) in [4.78, 5) is 42.6. The first-order chi connectivity index (χ1) is 12.5. The molecule has 1 unspecified atom stereocenters. The fraction of sp³-hybridized carbons (Fsp3) is 0.556. The number of nitrogens with zero attached hydrogens (tertiary/aromatic N) is 2. The summed E-state index contributed by atoms with van der Waals surface area (Å²) in [6.45, 7) is 2.01. The Labute approximate surface area is 155 Å².